The first-order valence-electron chi connectivity index (χ1n) is 12.4. The molecule has 35 heavy (non-hydrogen) atoms. The molecule has 1 saturated heterocycles. The van der Waals surface area contributed by atoms with Gasteiger partial charge in [-0.2, -0.15) is 0 Å². The fraction of sp³-hybridized carbons (Fsp3) is 0.379. The molecule has 3 aromatic rings. The summed E-state index contributed by atoms with van der Waals surface area (Å²) < 4.78 is 11.1. The van der Waals surface area contributed by atoms with E-state index in [4.69, 9.17) is 9.15 Å². The normalized spacial score (nSPS) is 14.3. The number of amides is 1. The van der Waals surface area contributed by atoms with Crippen LogP contribution in [0.1, 0.15) is 52.8 Å². The fourth-order valence-corrected chi connectivity index (χ4v) is 4.49. The molecule has 0 saturated carbocycles. The highest BCUT2D eigenvalue weighted by Crippen LogP contribution is 2.22. The Balaban J connectivity index is 1.40. The molecule has 0 spiro atoms. The average molecular weight is 475 g/mol. The van der Waals surface area contributed by atoms with Gasteiger partial charge in [-0.15, -0.1) is 0 Å². The lowest BCUT2D eigenvalue weighted by atomic mass is 9.97. The highest BCUT2D eigenvalue weighted by atomic mass is 16.5. The molecule has 0 N–H and O–H groups in total. The Bertz CT molecular complexity index is 1100. The number of hydrogen-bond donors (Lipinski definition) is 0. The Morgan fingerprint density at radius 1 is 0.914 bits per heavy atom. The predicted octanol–water partition coefficient (Wildman–Crippen LogP) is 5.21. The van der Waals surface area contributed by atoms with Gasteiger partial charge in [-0.05, 0) is 49.9 Å². The molecule has 1 fully saturated rings. The first-order valence-corrected chi connectivity index (χ1v) is 12.4. The van der Waals surface area contributed by atoms with Crippen molar-refractivity contribution in [2.75, 3.05) is 19.7 Å². The van der Waals surface area contributed by atoms with E-state index in [1.807, 2.05) is 31.2 Å². The van der Waals surface area contributed by atoms with Crippen molar-refractivity contribution in [3.05, 3.63) is 94.9 Å². The van der Waals surface area contributed by atoms with Crippen molar-refractivity contribution in [2.45, 2.75) is 46.3 Å². The molecule has 0 radical (unpaired) electrons. The molecule has 4 rings (SSSR count). The van der Waals surface area contributed by atoms with Crippen molar-refractivity contribution in [2.24, 2.45) is 5.92 Å². The summed E-state index contributed by atoms with van der Waals surface area (Å²) in [6.45, 7) is 7.51. The average Bonchev–Trinajstić information content (AvgIpc) is 3.34. The minimum absolute atomic E-state index is 0.119. The van der Waals surface area contributed by atoms with E-state index in [2.05, 4.69) is 48.2 Å². The number of carbonyl (C=O) groups excluding carboxylic acids is 2. The fourth-order valence-electron chi connectivity index (χ4n) is 4.49. The summed E-state index contributed by atoms with van der Waals surface area (Å²) in [5, 5.41) is 0. The molecule has 1 amide bonds. The topological polar surface area (TPSA) is 63.0 Å². The third-order valence-electron chi connectivity index (χ3n) is 6.43. The lowest BCUT2D eigenvalue weighted by molar-refractivity contribution is -0.149. The van der Waals surface area contributed by atoms with Gasteiger partial charge in [-0.25, -0.2) is 0 Å². The van der Waals surface area contributed by atoms with Crippen LogP contribution in [0.5, 0.6) is 0 Å². The van der Waals surface area contributed by atoms with Crippen LogP contribution in [0.3, 0.4) is 0 Å². The van der Waals surface area contributed by atoms with Crippen molar-refractivity contribution < 1.29 is 18.7 Å². The van der Waals surface area contributed by atoms with E-state index in [9.17, 15) is 9.59 Å². The van der Waals surface area contributed by atoms with Gasteiger partial charge in [0.2, 0.25) is 0 Å². The van der Waals surface area contributed by atoms with Crippen LogP contribution in [0.15, 0.2) is 71.1 Å². The quantitative estimate of drug-likeness (QED) is 0.399. The van der Waals surface area contributed by atoms with Crippen molar-refractivity contribution in [3.8, 4) is 0 Å². The molecule has 1 aliphatic rings. The number of nitrogens with zero attached hydrogens (tertiary/aromatic N) is 2. The molecular formula is C29H34N2O4. The summed E-state index contributed by atoms with van der Waals surface area (Å²) >= 11 is 0. The van der Waals surface area contributed by atoms with Gasteiger partial charge in [0.25, 0.3) is 5.91 Å². The first-order chi connectivity index (χ1) is 17.0. The van der Waals surface area contributed by atoms with Crippen molar-refractivity contribution in [1.29, 1.82) is 0 Å². The van der Waals surface area contributed by atoms with E-state index in [-0.39, 0.29) is 17.8 Å². The van der Waals surface area contributed by atoms with Gasteiger partial charge in [0, 0.05) is 26.2 Å². The van der Waals surface area contributed by atoms with E-state index >= 15 is 0 Å². The number of rotatable bonds is 9. The van der Waals surface area contributed by atoms with Crippen molar-refractivity contribution >= 4 is 11.9 Å². The molecule has 0 bridgehead atoms. The van der Waals surface area contributed by atoms with Crippen LogP contribution in [-0.2, 0) is 29.2 Å². The Morgan fingerprint density at radius 3 is 2.23 bits per heavy atom. The Labute approximate surface area is 207 Å². The summed E-state index contributed by atoms with van der Waals surface area (Å²) in [5.74, 6) is 0.709. The largest absolute Gasteiger partial charge is 0.466 e. The number of hydrogen-bond acceptors (Lipinski definition) is 5. The van der Waals surface area contributed by atoms with Gasteiger partial charge in [0.1, 0.15) is 5.76 Å². The van der Waals surface area contributed by atoms with Crippen LogP contribution in [0.4, 0.5) is 0 Å². The Hall–Kier alpha value is -3.38. The summed E-state index contributed by atoms with van der Waals surface area (Å²) in [5.41, 5.74) is 3.70. The number of likely N-dealkylation sites (tertiary alicyclic amines) is 1. The number of benzene rings is 2. The molecule has 0 unspecified atom stereocenters. The maximum atomic E-state index is 13.0. The molecule has 6 nitrogen and oxygen atoms in total. The summed E-state index contributed by atoms with van der Waals surface area (Å²) in [7, 11) is 0. The number of piperidine rings is 1. The van der Waals surface area contributed by atoms with Gasteiger partial charge in [0.15, 0.2) is 5.76 Å². The SMILES string of the molecule is CCOC(=O)C1CCN(C(=O)c2ccc(CN(Cc3ccccc3)Cc3ccc(C)cc3)o2)CC1. The lowest BCUT2D eigenvalue weighted by Crippen LogP contribution is -2.40. The van der Waals surface area contributed by atoms with Crippen LogP contribution < -0.4 is 0 Å². The first kappa shape index (κ1) is 24.7. The lowest BCUT2D eigenvalue weighted by Gasteiger charge is -2.30. The molecule has 2 heterocycles. The van der Waals surface area contributed by atoms with E-state index in [1.54, 1.807) is 11.0 Å². The standard InChI is InChI=1S/C29H34N2O4/c1-3-34-29(33)25-15-17-31(18-16-25)28(32)27-14-13-26(35-27)21-30(19-23-7-5-4-6-8-23)20-24-11-9-22(2)10-12-24/h4-14,25H,3,15-21H2,1-2H3. The van der Waals surface area contributed by atoms with Gasteiger partial charge in [-0.3, -0.25) is 14.5 Å². The van der Waals surface area contributed by atoms with Gasteiger partial charge in [-0.1, -0.05) is 60.2 Å². The monoisotopic (exact) mass is 474 g/mol. The zero-order valence-corrected chi connectivity index (χ0v) is 20.6. The second-order valence-corrected chi connectivity index (χ2v) is 9.20. The molecule has 0 atom stereocenters. The Kier molecular flexibility index (Phi) is 8.37. The van der Waals surface area contributed by atoms with Crippen LogP contribution >= 0.6 is 0 Å². The highest BCUT2D eigenvalue weighted by Gasteiger charge is 2.29. The molecule has 6 heteroatoms. The smallest absolute Gasteiger partial charge is 0.309 e. The van der Waals surface area contributed by atoms with Gasteiger partial charge >= 0.3 is 5.97 Å². The van der Waals surface area contributed by atoms with Crippen LogP contribution in [0.25, 0.3) is 0 Å². The summed E-state index contributed by atoms with van der Waals surface area (Å²) in [6, 6.07) is 22.6. The number of esters is 1. The third kappa shape index (κ3) is 6.83. The minimum atomic E-state index is -0.160. The van der Waals surface area contributed by atoms with Crippen molar-refractivity contribution in [1.82, 2.24) is 9.80 Å². The van der Waals surface area contributed by atoms with Crippen LogP contribution in [-0.4, -0.2) is 41.4 Å². The molecular weight excluding hydrogens is 440 g/mol. The van der Waals surface area contributed by atoms with E-state index < -0.39 is 0 Å². The molecule has 184 valence electrons. The molecule has 0 aliphatic carbocycles. The second-order valence-electron chi connectivity index (χ2n) is 9.20. The van der Waals surface area contributed by atoms with Crippen molar-refractivity contribution in [3.63, 3.8) is 0 Å². The zero-order chi connectivity index (χ0) is 24.6. The van der Waals surface area contributed by atoms with Crippen LogP contribution in [0, 0.1) is 12.8 Å². The molecule has 1 aliphatic heterocycles. The van der Waals surface area contributed by atoms with Gasteiger partial charge in [0.05, 0.1) is 19.1 Å². The number of carbonyl (C=O) groups is 2. The molecule has 1 aromatic heterocycles. The van der Waals surface area contributed by atoms with E-state index in [0.717, 1.165) is 18.8 Å². The van der Waals surface area contributed by atoms with E-state index in [0.29, 0.717) is 44.8 Å². The maximum absolute atomic E-state index is 13.0. The molecule has 2 aromatic carbocycles. The van der Waals surface area contributed by atoms with Crippen LogP contribution in [0.2, 0.25) is 0 Å². The number of furan rings is 1. The highest BCUT2D eigenvalue weighted by molar-refractivity contribution is 5.91. The maximum Gasteiger partial charge on any atom is 0.309 e. The van der Waals surface area contributed by atoms with Gasteiger partial charge < -0.3 is 14.1 Å². The second kappa shape index (κ2) is 11.8. The van der Waals surface area contributed by atoms with E-state index in [1.165, 1.54) is 16.7 Å². The Morgan fingerprint density at radius 2 is 1.57 bits per heavy atom. The predicted molar refractivity (Wildman–Crippen MR) is 135 cm³/mol. The summed E-state index contributed by atoms with van der Waals surface area (Å²) in [6.07, 6.45) is 1.25. The number of aryl methyl sites for hydroxylation is 1. The third-order valence-corrected chi connectivity index (χ3v) is 6.43. The zero-order valence-electron chi connectivity index (χ0n) is 20.6. The minimum Gasteiger partial charge on any atom is -0.466 e. The number of ether oxygens (including phenoxy) is 1. The summed E-state index contributed by atoms with van der Waals surface area (Å²) in [4.78, 5) is 29.1.